The lowest BCUT2D eigenvalue weighted by atomic mass is 10.3. The second-order valence-electron chi connectivity index (χ2n) is 3.23. The van der Waals surface area contributed by atoms with Gasteiger partial charge in [0.2, 0.25) is 0 Å². The fraction of sp³-hybridized carbons (Fsp3) is 0.500. The molecule has 0 saturated heterocycles. The molecule has 0 unspecified atom stereocenters. The Morgan fingerprint density at radius 1 is 1.77 bits per heavy atom. The number of nitrogens with zero attached hydrogens (tertiary/aromatic N) is 1. The summed E-state index contributed by atoms with van der Waals surface area (Å²) in [6.45, 7) is 0. The molecule has 0 aliphatic heterocycles. The first-order chi connectivity index (χ1) is 6.26. The van der Waals surface area contributed by atoms with Crippen LogP contribution in [-0.2, 0) is 0 Å². The van der Waals surface area contributed by atoms with Gasteiger partial charge in [-0.1, -0.05) is 15.9 Å². The van der Waals surface area contributed by atoms with Crippen LogP contribution in [0.2, 0.25) is 0 Å². The molecule has 1 aliphatic rings. The lowest BCUT2D eigenvalue weighted by molar-refractivity contribution is 0.0940. The number of aromatic nitrogens is 1. The SMILES string of the molecule is O=C(NC1(CBr)CC1)c1cncs1. The van der Waals surface area contributed by atoms with Crippen molar-refractivity contribution >= 4 is 33.2 Å². The molecule has 1 aromatic rings. The van der Waals surface area contributed by atoms with Gasteiger partial charge in [0, 0.05) is 5.33 Å². The van der Waals surface area contributed by atoms with Crippen molar-refractivity contribution < 1.29 is 4.79 Å². The Kier molecular flexibility index (Phi) is 2.38. The standard InChI is InChI=1S/C8H9BrN2OS/c9-4-8(1-2-8)11-7(12)6-3-10-5-13-6/h3,5H,1-2,4H2,(H,11,12). The van der Waals surface area contributed by atoms with E-state index in [0.29, 0.717) is 4.88 Å². The van der Waals surface area contributed by atoms with Gasteiger partial charge in [0.15, 0.2) is 0 Å². The van der Waals surface area contributed by atoms with Crippen LogP contribution in [0, 0.1) is 0 Å². The van der Waals surface area contributed by atoms with Crippen molar-refractivity contribution in [1.82, 2.24) is 10.3 Å². The van der Waals surface area contributed by atoms with Crippen LogP contribution in [0.1, 0.15) is 22.5 Å². The minimum absolute atomic E-state index is 0.000509. The van der Waals surface area contributed by atoms with E-state index in [4.69, 9.17) is 0 Å². The quantitative estimate of drug-likeness (QED) is 0.843. The first kappa shape index (κ1) is 9.15. The third-order valence-corrected chi connectivity index (χ3v) is 3.99. The largest absolute Gasteiger partial charge is 0.345 e. The summed E-state index contributed by atoms with van der Waals surface area (Å²) in [4.78, 5) is 16.1. The van der Waals surface area contributed by atoms with E-state index in [1.165, 1.54) is 11.3 Å². The predicted molar refractivity (Wildman–Crippen MR) is 55.3 cm³/mol. The van der Waals surface area contributed by atoms with Crippen LogP contribution < -0.4 is 5.32 Å². The van der Waals surface area contributed by atoms with Gasteiger partial charge in [0.25, 0.3) is 5.91 Å². The van der Waals surface area contributed by atoms with Gasteiger partial charge < -0.3 is 5.32 Å². The second-order valence-corrected chi connectivity index (χ2v) is 4.68. The third kappa shape index (κ3) is 1.91. The van der Waals surface area contributed by atoms with Gasteiger partial charge in [0.05, 0.1) is 17.2 Å². The summed E-state index contributed by atoms with van der Waals surface area (Å²) in [6.07, 6.45) is 3.75. The minimum Gasteiger partial charge on any atom is -0.345 e. The molecule has 1 heterocycles. The van der Waals surface area contributed by atoms with Crippen LogP contribution in [0.4, 0.5) is 0 Å². The summed E-state index contributed by atoms with van der Waals surface area (Å²) >= 11 is 4.77. The fourth-order valence-electron chi connectivity index (χ4n) is 1.07. The molecule has 0 atom stereocenters. The highest BCUT2D eigenvalue weighted by Crippen LogP contribution is 2.37. The molecule has 1 fully saturated rings. The molecule has 13 heavy (non-hydrogen) atoms. The van der Waals surface area contributed by atoms with E-state index < -0.39 is 0 Å². The molecule has 1 amide bonds. The van der Waals surface area contributed by atoms with Gasteiger partial charge >= 0.3 is 0 Å². The number of carbonyl (C=O) groups is 1. The van der Waals surface area contributed by atoms with Crippen molar-refractivity contribution in [2.75, 3.05) is 5.33 Å². The maximum atomic E-state index is 11.6. The van der Waals surface area contributed by atoms with E-state index in [0.717, 1.165) is 18.2 Å². The van der Waals surface area contributed by atoms with Gasteiger partial charge in [-0.25, -0.2) is 0 Å². The highest BCUT2D eigenvalue weighted by atomic mass is 79.9. The maximum Gasteiger partial charge on any atom is 0.263 e. The average Bonchev–Trinajstić information content (AvgIpc) is 2.69. The Hall–Kier alpha value is -0.420. The zero-order valence-electron chi connectivity index (χ0n) is 6.92. The lowest BCUT2D eigenvalue weighted by Gasteiger charge is -2.12. The first-order valence-electron chi connectivity index (χ1n) is 4.03. The molecule has 2 rings (SSSR count). The van der Waals surface area contributed by atoms with Crippen LogP contribution in [0.15, 0.2) is 11.7 Å². The molecule has 1 aromatic heterocycles. The molecule has 1 saturated carbocycles. The van der Waals surface area contributed by atoms with Gasteiger partial charge in [-0.15, -0.1) is 11.3 Å². The van der Waals surface area contributed by atoms with Crippen LogP contribution in [0.25, 0.3) is 0 Å². The van der Waals surface area contributed by atoms with Crippen molar-refractivity contribution in [3.05, 3.63) is 16.6 Å². The second kappa shape index (κ2) is 3.38. The van der Waals surface area contributed by atoms with Gasteiger partial charge in [-0.3, -0.25) is 9.78 Å². The Bertz CT molecular complexity index is 308. The Morgan fingerprint density at radius 2 is 2.54 bits per heavy atom. The minimum atomic E-state index is -0.000509. The molecule has 0 radical (unpaired) electrons. The number of hydrogen-bond acceptors (Lipinski definition) is 3. The number of nitrogens with one attached hydrogen (secondary N) is 1. The van der Waals surface area contributed by atoms with Crippen molar-refractivity contribution in [3.63, 3.8) is 0 Å². The molecule has 5 heteroatoms. The molecule has 0 bridgehead atoms. The smallest absolute Gasteiger partial charge is 0.263 e. The van der Waals surface area contributed by atoms with Crippen molar-refractivity contribution in [2.45, 2.75) is 18.4 Å². The molecule has 0 spiro atoms. The van der Waals surface area contributed by atoms with E-state index in [2.05, 4.69) is 26.2 Å². The van der Waals surface area contributed by atoms with Crippen molar-refractivity contribution in [3.8, 4) is 0 Å². The highest BCUT2D eigenvalue weighted by Gasteiger charge is 2.43. The van der Waals surface area contributed by atoms with Crippen molar-refractivity contribution in [1.29, 1.82) is 0 Å². The lowest BCUT2D eigenvalue weighted by Crippen LogP contribution is -2.37. The molecule has 1 aliphatic carbocycles. The summed E-state index contributed by atoms with van der Waals surface area (Å²) in [5.41, 5.74) is 1.70. The number of carbonyl (C=O) groups excluding carboxylic acids is 1. The van der Waals surface area contributed by atoms with Crippen LogP contribution >= 0.6 is 27.3 Å². The summed E-state index contributed by atoms with van der Waals surface area (Å²) in [6, 6.07) is 0. The molecule has 1 N–H and O–H groups in total. The van der Waals surface area contributed by atoms with Crippen LogP contribution in [-0.4, -0.2) is 21.8 Å². The molecular formula is C8H9BrN2OS. The Morgan fingerprint density at radius 3 is 3.00 bits per heavy atom. The highest BCUT2D eigenvalue weighted by molar-refractivity contribution is 9.09. The monoisotopic (exact) mass is 260 g/mol. The number of amides is 1. The van der Waals surface area contributed by atoms with Gasteiger partial charge in [-0.05, 0) is 12.8 Å². The van der Waals surface area contributed by atoms with E-state index in [9.17, 15) is 4.79 Å². The molecule has 70 valence electrons. The number of rotatable bonds is 3. The average molecular weight is 261 g/mol. The van der Waals surface area contributed by atoms with Crippen LogP contribution in [0.3, 0.4) is 0 Å². The summed E-state index contributed by atoms with van der Waals surface area (Å²) < 4.78 is 0. The fourth-order valence-corrected chi connectivity index (χ4v) is 2.29. The van der Waals surface area contributed by atoms with E-state index in [1.54, 1.807) is 11.7 Å². The van der Waals surface area contributed by atoms with E-state index in [1.807, 2.05) is 0 Å². The normalized spacial score (nSPS) is 18.2. The number of halogens is 1. The number of alkyl halides is 1. The van der Waals surface area contributed by atoms with Crippen LogP contribution in [0.5, 0.6) is 0 Å². The van der Waals surface area contributed by atoms with Gasteiger partial charge in [-0.2, -0.15) is 0 Å². The van der Waals surface area contributed by atoms with E-state index in [-0.39, 0.29) is 11.4 Å². The number of thiazole rings is 1. The molecule has 0 aromatic carbocycles. The topological polar surface area (TPSA) is 42.0 Å². The zero-order valence-corrected chi connectivity index (χ0v) is 9.32. The molecular weight excluding hydrogens is 252 g/mol. The Labute approximate surface area is 88.7 Å². The first-order valence-corrected chi connectivity index (χ1v) is 6.03. The maximum absolute atomic E-state index is 11.6. The van der Waals surface area contributed by atoms with Gasteiger partial charge in [0.1, 0.15) is 4.88 Å². The number of hydrogen-bond donors (Lipinski definition) is 1. The zero-order chi connectivity index (χ0) is 9.31. The summed E-state index contributed by atoms with van der Waals surface area (Å²) in [5.74, 6) is -0.000509. The van der Waals surface area contributed by atoms with E-state index >= 15 is 0 Å². The predicted octanol–water partition coefficient (Wildman–Crippen LogP) is 1.80. The van der Waals surface area contributed by atoms with Crippen molar-refractivity contribution in [2.24, 2.45) is 0 Å². The molecule has 3 nitrogen and oxygen atoms in total. The summed E-state index contributed by atoms with van der Waals surface area (Å²) in [7, 11) is 0. The summed E-state index contributed by atoms with van der Waals surface area (Å²) in [5, 5.41) is 3.84. The third-order valence-electron chi connectivity index (χ3n) is 2.14. The Balaban J connectivity index is 2.00.